The summed E-state index contributed by atoms with van der Waals surface area (Å²) in [5, 5.41) is 26.9. The Kier molecular flexibility index (Phi) is 10.5. The normalized spacial score (nSPS) is 37.2. The maximum Gasteiger partial charge on any atom is 0.320 e. The molecular formula is C40H60N8O6. The molecule has 5 fully saturated rings. The zero-order valence-corrected chi connectivity index (χ0v) is 32.8. The van der Waals surface area contributed by atoms with Crippen molar-refractivity contribution in [3.63, 3.8) is 0 Å². The number of carbonyl (C=O) groups is 3. The Balaban J connectivity index is 0.954. The van der Waals surface area contributed by atoms with Crippen LogP contribution in [0.5, 0.6) is 0 Å². The van der Waals surface area contributed by atoms with E-state index in [2.05, 4.69) is 31.7 Å². The summed E-state index contributed by atoms with van der Waals surface area (Å²) < 4.78 is 8.34. The molecule has 9 atom stereocenters. The quantitative estimate of drug-likeness (QED) is 0.241. The van der Waals surface area contributed by atoms with Crippen molar-refractivity contribution in [1.29, 1.82) is 0 Å². The average Bonchev–Trinajstić information content (AvgIpc) is 3.89. The molecule has 2 aromatic rings. The number of aryl methyl sites for hydroxylation is 1. The summed E-state index contributed by atoms with van der Waals surface area (Å²) in [6.45, 7) is 17.2. The lowest BCUT2D eigenvalue weighted by atomic mass is 9.42. The van der Waals surface area contributed by atoms with Crippen molar-refractivity contribution in [1.82, 2.24) is 34.6 Å². The minimum atomic E-state index is -1.09. The number of piperazine rings is 1. The summed E-state index contributed by atoms with van der Waals surface area (Å²) in [4.78, 5) is 60.7. The molecule has 14 nitrogen and oxygen atoms in total. The molecule has 0 spiro atoms. The van der Waals surface area contributed by atoms with Crippen LogP contribution in [0.25, 0.3) is 11.2 Å². The van der Waals surface area contributed by atoms with E-state index in [1.54, 1.807) is 18.7 Å². The minimum Gasteiger partial charge on any atom is -0.458 e. The zero-order chi connectivity index (χ0) is 38.6. The third kappa shape index (κ3) is 6.34. The second kappa shape index (κ2) is 14.6. The van der Waals surface area contributed by atoms with Crippen molar-refractivity contribution in [3.8, 4) is 0 Å². The van der Waals surface area contributed by atoms with E-state index in [1.165, 1.54) is 0 Å². The highest BCUT2D eigenvalue weighted by molar-refractivity contribution is 5.86. The fraction of sp³-hybridized carbons (Fsp3) is 0.750. The number of amides is 1. The number of Topliss-reactive ketones (excluding diaryl/α,β-unsaturated/α-hetero) is 1. The van der Waals surface area contributed by atoms with Gasteiger partial charge in [0.15, 0.2) is 17.0 Å². The number of hydrogen-bond acceptors (Lipinski definition) is 12. The molecule has 0 radical (unpaired) electrons. The van der Waals surface area contributed by atoms with Gasteiger partial charge in [0.1, 0.15) is 17.7 Å². The van der Waals surface area contributed by atoms with Gasteiger partial charge in [0.25, 0.3) is 0 Å². The Labute approximate surface area is 318 Å². The number of rotatable bonds is 10. The van der Waals surface area contributed by atoms with Gasteiger partial charge in [-0.2, -0.15) is 0 Å². The molecule has 2 bridgehead atoms. The molecule has 2 aromatic heterocycles. The number of esters is 1. The van der Waals surface area contributed by atoms with Crippen molar-refractivity contribution in [2.24, 2.45) is 34.0 Å². The average molecular weight is 749 g/mol. The molecule has 3 N–H and O–H groups in total. The van der Waals surface area contributed by atoms with Gasteiger partial charge in [-0.1, -0.05) is 26.8 Å². The first kappa shape index (κ1) is 38.8. The second-order valence-corrected chi connectivity index (χ2v) is 17.7. The van der Waals surface area contributed by atoms with E-state index >= 15 is 0 Å². The summed E-state index contributed by atoms with van der Waals surface area (Å²) in [6, 6.07) is 0. The number of ketones is 1. The molecular weight excluding hydrogens is 688 g/mol. The van der Waals surface area contributed by atoms with Gasteiger partial charge in [0.05, 0.1) is 25.1 Å². The predicted octanol–water partition coefficient (Wildman–Crippen LogP) is 2.43. The molecule has 5 aliphatic rings. The fourth-order valence-electron chi connectivity index (χ4n) is 11.2. The van der Waals surface area contributed by atoms with Gasteiger partial charge >= 0.3 is 5.97 Å². The Morgan fingerprint density at radius 3 is 2.56 bits per heavy atom. The molecule has 8 unspecified atom stereocenters. The van der Waals surface area contributed by atoms with Crippen molar-refractivity contribution in [2.45, 2.75) is 97.0 Å². The molecule has 14 heteroatoms. The van der Waals surface area contributed by atoms with E-state index < -0.39 is 45.9 Å². The number of aromatic nitrogens is 4. The number of nitrogens with zero attached hydrogens (tertiary/aromatic N) is 7. The van der Waals surface area contributed by atoms with Crippen LogP contribution in [0.2, 0.25) is 0 Å². The first-order valence-electron chi connectivity index (χ1n) is 20.0. The smallest absolute Gasteiger partial charge is 0.320 e. The van der Waals surface area contributed by atoms with Crippen molar-refractivity contribution < 1.29 is 29.3 Å². The van der Waals surface area contributed by atoms with Gasteiger partial charge in [-0.3, -0.25) is 19.3 Å². The van der Waals surface area contributed by atoms with Gasteiger partial charge in [-0.05, 0) is 69.9 Å². The highest BCUT2D eigenvalue weighted by atomic mass is 16.6. The molecule has 0 aromatic carbocycles. The lowest BCUT2D eigenvalue weighted by Gasteiger charge is -2.64. The Hall–Kier alpha value is -3.46. The third-order valence-corrected chi connectivity index (χ3v) is 14.8. The van der Waals surface area contributed by atoms with Gasteiger partial charge in [0, 0.05) is 75.4 Å². The van der Waals surface area contributed by atoms with Crippen LogP contribution < -0.4 is 10.2 Å². The number of ether oxygens (including phenoxy) is 1. The van der Waals surface area contributed by atoms with Crippen LogP contribution in [0.4, 0.5) is 5.82 Å². The van der Waals surface area contributed by atoms with Gasteiger partial charge in [-0.25, -0.2) is 15.0 Å². The Morgan fingerprint density at radius 1 is 1.07 bits per heavy atom. The standard InChI is InChI=1S/C40H60N8O6/c1-7-37(3)20-29(50)39(5)33-28(49)8-11-40(33,26(2)34(37)53)13-12-38(39,4)54-31(52)23-45-16-18-46(19-17-45)30(51)10-15-48-25-44-32-35(42-24-43-36(32)48)47-14-9-27(22-47)21-41-6/h7,24-27,29,33-34,41,50,53H,1,8-23H2,2-6H3/t26?,27-,29?,33?,34?,37?,38?,39?,40?/m1/s1. The summed E-state index contributed by atoms with van der Waals surface area (Å²) in [5.41, 5.74) is -1.91. The van der Waals surface area contributed by atoms with E-state index in [0.717, 1.165) is 43.0 Å². The SMILES string of the molecule is C=CC1(C)CC(O)C2(C)C3C(=O)CCC3(CCC2(C)OC(=O)CN2CCN(C(=O)CCn3cnc4c(N5CC[C@H](CNC)C5)ncnc43)CC2)C(C)C1O. The molecule has 3 aliphatic carbocycles. The van der Waals surface area contributed by atoms with Crippen molar-refractivity contribution >= 4 is 34.6 Å². The highest BCUT2D eigenvalue weighted by Gasteiger charge is 2.72. The number of carbonyl (C=O) groups excluding carboxylic acids is 3. The fourth-order valence-corrected chi connectivity index (χ4v) is 11.2. The number of imidazole rings is 1. The maximum atomic E-state index is 13.7. The number of aliphatic hydroxyl groups excluding tert-OH is 2. The summed E-state index contributed by atoms with van der Waals surface area (Å²) >= 11 is 0. The lowest BCUT2D eigenvalue weighted by Crippen LogP contribution is -2.69. The lowest BCUT2D eigenvalue weighted by molar-refractivity contribution is -0.252. The van der Waals surface area contributed by atoms with Gasteiger partial charge in [0.2, 0.25) is 5.91 Å². The Morgan fingerprint density at radius 2 is 1.83 bits per heavy atom. The van der Waals surface area contributed by atoms with Crippen LogP contribution in [0.3, 0.4) is 0 Å². The zero-order valence-electron chi connectivity index (χ0n) is 32.8. The summed E-state index contributed by atoms with van der Waals surface area (Å²) in [5.74, 6) is 0.414. The molecule has 4 heterocycles. The highest BCUT2D eigenvalue weighted by Crippen LogP contribution is 2.69. The van der Waals surface area contributed by atoms with Crippen LogP contribution in [-0.2, 0) is 25.7 Å². The summed E-state index contributed by atoms with van der Waals surface area (Å²) in [6.07, 6.45) is 7.09. The summed E-state index contributed by atoms with van der Waals surface area (Å²) in [7, 11) is 1.98. The molecule has 2 saturated heterocycles. The third-order valence-electron chi connectivity index (χ3n) is 14.8. The van der Waals surface area contributed by atoms with Crippen LogP contribution in [-0.4, -0.2) is 134 Å². The maximum absolute atomic E-state index is 13.7. The van der Waals surface area contributed by atoms with Crippen LogP contribution in [0.15, 0.2) is 25.3 Å². The number of fused-ring (bicyclic) bond motifs is 1. The second-order valence-electron chi connectivity index (χ2n) is 17.7. The largest absolute Gasteiger partial charge is 0.458 e. The predicted molar refractivity (Wildman–Crippen MR) is 203 cm³/mol. The first-order valence-corrected chi connectivity index (χ1v) is 20.0. The molecule has 54 heavy (non-hydrogen) atoms. The first-order chi connectivity index (χ1) is 25.7. The number of anilines is 1. The van der Waals surface area contributed by atoms with E-state index in [-0.39, 0.29) is 30.6 Å². The van der Waals surface area contributed by atoms with Gasteiger partial charge < -0.3 is 34.6 Å². The van der Waals surface area contributed by atoms with Crippen LogP contribution in [0, 0.1) is 34.0 Å². The van der Waals surface area contributed by atoms with E-state index in [4.69, 9.17) is 4.74 Å². The van der Waals surface area contributed by atoms with E-state index in [0.29, 0.717) is 70.7 Å². The number of nitrogens with one attached hydrogen (secondary N) is 1. The number of hydrogen-bond donors (Lipinski definition) is 3. The monoisotopic (exact) mass is 748 g/mol. The van der Waals surface area contributed by atoms with Crippen molar-refractivity contribution in [3.05, 3.63) is 25.3 Å². The van der Waals surface area contributed by atoms with Crippen molar-refractivity contribution in [2.75, 3.05) is 64.3 Å². The molecule has 3 saturated carbocycles. The molecule has 7 rings (SSSR count). The number of aliphatic hydroxyl groups is 2. The molecule has 1 amide bonds. The Bertz CT molecular complexity index is 1760. The topological polar surface area (TPSA) is 166 Å². The minimum absolute atomic E-state index is 0.0410. The van der Waals surface area contributed by atoms with E-state index in [9.17, 15) is 24.6 Å². The molecule has 296 valence electrons. The van der Waals surface area contributed by atoms with E-state index in [1.807, 2.05) is 49.1 Å². The van der Waals surface area contributed by atoms with Crippen LogP contribution in [0.1, 0.15) is 72.6 Å². The molecule has 2 aliphatic heterocycles. The van der Waals surface area contributed by atoms with Crippen LogP contribution >= 0.6 is 0 Å². The van der Waals surface area contributed by atoms with Gasteiger partial charge in [-0.15, -0.1) is 6.58 Å².